The molecule has 4 aromatic rings. The Labute approximate surface area is 210 Å². The van der Waals surface area contributed by atoms with Gasteiger partial charge in [0.25, 0.3) is 5.91 Å². The number of fused-ring (bicyclic) bond motifs is 1. The number of aromatic amines is 1. The molecule has 0 aliphatic rings. The zero-order chi connectivity index (χ0) is 25.8. The van der Waals surface area contributed by atoms with Crippen molar-refractivity contribution in [3.05, 3.63) is 70.1 Å². The molecule has 0 fully saturated rings. The predicted molar refractivity (Wildman–Crippen MR) is 135 cm³/mol. The summed E-state index contributed by atoms with van der Waals surface area (Å²) in [5.41, 5.74) is 2.93. The fraction of sp³-hybridized carbons (Fsp3) is 0.192. The lowest BCUT2D eigenvalue weighted by molar-refractivity contribution is -0.123. The van der Waals surface area contributed by atoms with Gasteiger partial charge in [-0.05, 0) is 44.5 Å². The summed E-state index contributed by atoms with van der Waals surface area (Å²) < 4.78 is 10.5. The molecule has 2 aromatic heterocycles. The number of benzene rings is 2. The molecule has 182 valence electrons. The van der Waals surface area contributed by atoms with Crippen LogP contribution in [0.1, 0.15) is 45.0 Å². The molecule has 2 aromatic carbocycles. The van der Waals surface area contributed by atoms with E-state index in [1.54, 1.807) is 38.1 Å². The van der Waals surface area contributed by atoms with Gasteiger partial charge in [0, 0.05) is 5.56 Å². The molecule has 0 radical (unpaired) electrons. The van der Waals surface area contributed by atoms with Crippen LogP contribution in [0.15, 0.2) is 48.5 Å². The average Bonchev–Trinajstić information content (AvgIpc) is 3.44. The molecule has 9 nitrogen and oxygen atoms in total. The van der Waals surface area contributed by atoms with Crippen LogP contribution in [-0.2, 0) is 14.3 Å². The molecule has 2 heterocycles. The van der Waals surface area contributed by atoms with Gasteiger partial charge >= 0.3 is 11.9 Å². The van der Waals surface area contributed by atoms with Crippen molar-refractivity contribution in [3.8, 4) is 17.5 Å². The van der Waals surface area contributed by atoms with Crippen molar-refractivity contribution in [3.63, 3.8) is 0 Å². The molecule has 0 aliphatic carbocycles. The highest BCUT2D eigenvalue weighted by atomic mass is 32.1. The van der Waals surface area contributed by atoms with Gasteiger partial charge in [-0.1, -0.05) is 30.3 Å². The van der Waals surface area contributed by atoms with Crippen molar-refractivity contribution in [1.82, 2.24) is 9.97 Å². The summed E-state index contributed by atoms with van der Waals surface area (Å²) in [6, 6.07) is 16.3. The zero-order valence-electron chi connectivity index (χ0n) is 19.7. The van der Waals surface area contributed by atoms with Crippen LogP contribution in [0.2, 0.25) is 0 Å². The third-order valence-corrected chi connectivity index (χ3v) is 6.59. The third kappa shape index (κ3) is 4.82. The molecule has 0 aliphatic heterocycles. The maximum absolute atomic E-state index is 13.0. The number of aromatic nitrogens is 2. The first-order valence-electron chi connectivity index (χ1n) is 11.1. The number of imidazole rings is 1. The minimum absolute atomic E-state index is 0.158. The van der Waals surface area contributed by atoms with E-state index >= 15 is 0 Å². The minimum Gasteiger partial charge on any atom is -0.462 e. The fourth-order valence-corrected chi connectivity index (χ4v) is 4.62. The van der Waals surface area contributed by atoms with E-state index in [2.05, 4.69) is 15.3 Å². The van der Waals surface area contributed by atoms with Crippen LogP contribution in [0.25, 0.3) is 22.4 Å². The maximum Gasteiger partial charge on any atom is 0.348 e. The van der Waals surface area contributed by atoms with Gasteiger partial charge in [0.1, 0.15) is 21.8 Å². The Morgan fingerprint density at radius 2 is 1.86 bits per heavy atom. The normalized spacial score (nSPS) is 11.5. The molecule has 0 spiro atoms. The third-order valence-electron chi connectivity index (χ3n) is 5.40. The summed E-state index contributed by atoms with van der Waals surface area (Å²) >= 11 is 0.940. The first-order valence-corrected chi connectivity index (χ1v) is 11.9. The molecular weight excluding hydrogens is 480 g/mol. The maximum atomic E-state index is 13.0. The van der Waals surface area contributed by atoms with Crippen molar-refractivity contribution in [2.45, 2.75) is 26.9 Å². The standard InChI is InChI=1S/C26H22N4O5S/c1-4-34-26(33)21-14(2)18(13-27)24(36-21)30-23(31)15(3)35-25(32)17-10-6-5-9-16(17)22-28-19-11-7-8-12-20(19)29-22/h5-12,15H,4H2,1-3H3,(H,28,29)(H,30,31). The smallest absolute Gasteiger partial charge is 0.348 e. The van der Waals surface area contributed by atoms with Crippen LogP contribution in [0, 0.1) is 18.3 Å². The van der Waals surface area contributed by atoms with E-state index in [0.29, 0.717) is 17.0 Å². The van der Waals surface area contributed by atoms with Crippen molar-refractivity contribution >= 4 is 45.2 Å². The lowest BCUT2D eigenvalue weighted by Gasteiger charge is -2.14. The largest absolute Gasteiger partial charge is 0.462 e. The number of H-pyrrole nitrogens is 1. The molecule has 1 unspecified atom stereocenters. The molecule has 10 heteroatoms. The lowest BCUT2D eigenvalue weighted by atomic mass is 10.1. The Morgan fingerprint density at radius 1 is 1.14 bits per heavy atom. The minimum atomic E-state index is -1.18. The van der Waals surface area contributed by atoms with Crippen LogP contribution in [0.3, 0.4) is 0 Å². The van der Waals surface area contributed by atoms with Crippen molar-refractivity contribution in [2.24, 2.45) is 0 Å². The highest BCUT2D eigenvalue weighted by Crippen LogP contribution is 2.33. The fourth-order valence-electron chi connectivity index (χ4n) is 3.57. The second-order valence-electron chi connectivity index (χ2n) is 7.78. The van der Waals surface area contributed by atoms with Gasteiger partial charge < -0.3 is 19.8 Å². The number of nitrogens with one attached hydrogen (secondary N) is 2. The summed E-state index contributed by atoms with van der Waals surface area (Å²) in [6.45, 7) is 4.89. The highest BCUT2D eigenvalue weighted by molar-refractivity contribution is 7.18. The SMILES string of the molecule is CCOC(=O)c1sc(NC(=O)C(C)OC(=O)c2ccccc2-c2nc3ccccc3[nH]2)c(C#N)c1C. The Morgan fingerprint density at radius 3 is 2.58 bits per heavy atom. The molecule has 0 saturated heterocycles. The first kappa shape index (κ1) is 24.6. The number of amides is 1. The summed E-state index contributed by atoms with van der Waals surface area (Å²) in [6.07, 6.45) is -1.18. The van der Waals surface area contributed by atoms with E-state index < -0.39 is 23.9 Å². The number of nitrogens with zero attached hydrogens (tertiary/aromatic N) is 2. The highest BCUT2D eigenvalue weighted by Gasteiger charge is 2.26. The number of esters is 2. The summed E-state index contributed by atoms with van der Waals surface area (Å²) in [5, 5.41) is 12.3. The summed E-state index contributed by atoms with van der Waals surface area (Å²) in [4.78, 5) is 45.9. The van der Waals surface area contributed by atoms with Crippen LogP contribution < -0.4 is 5.32 Å². The number of para-hydroxylation sites is 2. The number of hydrogen-bond donors (Lipinski definition) is 2. The van der Waals surface area contributed by atoms with Crippen LogP contribution in [0.5, 0.6) is 0 Å². The molecule has 0 bridgehead atoms. The van der Waals surface area contributed by atoms with E-state index in [9.17, 15) is 19.6 Å². The number of rotatable bonds is 7. The van der Waals surface area contributed by atoms with Crippen LogP contribution in [-0.4, -0.2) is 40.5 Å². The molecule has 1 amide bonds. The number of anilines is 1. The number of hydrogen-bond acceptors (Lipinski definition) is 8. The monoisotopic (exact) mass is 502 g/mol. The van der Waals surface area contributed by atoms with Gasteiger partial charge in [0.05, 0.1) is 28.8 Å². The molecule has 4 rings (SSSR count). The average molecular weight is 503 g/mol. The number of carbonyl (C=O) groups excluding carboxylic acids is 3. The Hall–Kier alpha value is -4.49. The van der Waals surface area contributed by atoms with Gasteiger partial charge in [-0.3, -0.25) is 4.79 Å². The van der Waals surface area contributed by atoms with Crippen molar-refractivity contribution in [1.29, 1.82) is 5.26 Å². The summed E-state index contributed by atoms with van der Waals surface area (Å²) in [7, 11) is 0. The summed E-state index contributed by atoms with van der Waals surface area (Å²) in [5.74, 6) is -1.42. The topological polar surface area (TPSA) is 134 Å². The number of carbonyl (C=O) groups is 3. The molecule has 2 N–H and O–H groups in total. The quantitative estimate of drug-likeness (QED) is 0.346. The van der Waals surface area contributed by atoms with Gasteiger partial charge in [0.2, 0.25) is 0 Å². The lowest BCUT2D eigenvalue weighted by Crippen LogP contribution is -2.30. The van der Waals surface area contributed by atoms with Gasteiger partial charge in [0.15, 0.2) is 6.10 Å². The van der Waals surface area contributed by atoms with E-state index in [-0.39, 0.29) is 27.6 Å². The number of ether oxygens (including phenoxy) is 2. The second-order valence-corrected chi connectivity index (χ2v) is 8.80. The van der Waals surface area contributed by atoms with Crippen molar-refractivity contribution < 1.29 is 23.9 Å². The molecular formula is C26H22N4O5S. The number of thiophene rings is 1. The molecule has 36 heavy (non-hydrogen) atoms. The molecule has 1 atom stereocenters. The van der Waals surface area contributed by atoms with E-state index in [0.717, 1.165) is 22.4 Å². The van der Waals surface area contributed by atoms with Crippen LogP contribution >= 0.6 is 11.3 Å². The van der Waals surface area contributed by atoms with Crippen LogP contribution in [0.4, 0.5) is 5.00 Å². The Balaban J connectivity index is 1.52. The number of nitriles is 1. The zero-order valence-corrected chi connectivity index (χ0v) is 20.6. The van der Waals surface area contributed by atoms with Crippen molar-refractivity contribution in [2.75, 3.05) is 11.9 Å². The van der Waals surface area contributed by atoms with E-state index in [1.165, 1.54) is 6.92 Å². The van der Waals surface area contributed by atoms with Gasteiger partial charge in [-0.15, -0.1) is 11.3 Å². The van der Waals surface area contributed by atoms with E-state index in [4.69, 9.17) is 9.47 Å². The van der Waals surface area contributed by atoms with Gasteiger partial charge in [-0.25, -0.2) is 14.6 Å². The Bertz CT molecular complexity index is 1480. The molecule has 0 saturated carbocycles. The van der Waals surface area contributed by atoms with Gasteiger partial charge in [-0.2, -0.15) is 5.26 Å². The second kappa shape index (κ2) is 10.4. The Kier molecular flexibility index (Phi) is 7.12. The van der Waals surface area contributed by atoms with E-state index in [1.807, 2.05) is 30.3 Å². The first-order chi connectivity index (χ1) is 17.3. The predicted octanol–water partition coefficient (Wildman–Crippen LogP) is 4.83.